The predicted octanol–water partition coefficient (Wildman–Crippen LogP) is 1.82. The van der Waals surface area contributed by atoms with Crippen molar-refractivity contribution in [3.63, 3.8) is 0 Å². The van der Waals surface area contributed by atoms with E-state index in [9.17, 15) is 4.79 Å². The molecule has 19 heavy (non-hydrogen) atoms. The van der Waals surface area contributed by atoms with Crippen LogP contribution >= 0.6 is 0 Å². The molecule has 1 aromatic rings. The van der Waals surface area contributed by atoms with Crippen molar-refractivity contribution < 1.29 is 14.3 Å². The van der Waals surface area contributed by atoms with E-state index in [0.717, 1.165) is 31.7 Å². The van der Waals surface area contributed by atoms with Crippen LogP contribution in [0.5, 0.6) is 0 Å². The minimum atomic E-state index is -0.823. The van der Waals surface area contributed by atoms with Crippen LogP contribution in [0.15, 0.2) is 12.3 Å². The lowest BCUT2D eigenvalue weighted by Crippen LogP contribution is -2.33. The van der Waals surface area contributed by atoms with Gasteiger partial charge in [0.15, 0.2) is 0 Å². The third-order valence-electron chi connectivity index (χ3n) is 3.57. The second kappa shape index (κ2) is 5.65. The fraction of sp³-hybridized carbons (Fsp3) is 0.643. The number of carbonyl (C=O) groups excluding carboxylic acids is 1. The molecule has 0 N–H and O–H groups in total. The molecule has 2 rings (SSSR count). The quantitative estimate of drug-likeness (QED) is 0.779. The highest BCUT2D eigenvalue weighted by molar-refractivity contribution is 5.80. The van der Waals surface area contributed by atoms with Crippen molar-refractivity contribution in [2.24, 2.45) is 0 Å². The summed E-state index contributed by atoms with van der Waals surface area (Å²) in [5, 5.41) is 0. The lowest BCUT2D eigenvalue weighted by atomic mass is 9.91. The molecular weight excluding hydrogens is 244 g/mol. The highest BCUT2D eigenvalue weighted by Crippen LogP contribution is 2.27. The minimum Gasteiger partial charge on any atom is -0.468 e. The normalized spacial score (nSPS) is 17.2. The van der Waals surface area contributed by atoms with Crippen molar-refractivity contribution in [2.75, 3.05) is 20.3 Å². The van der Waals surface area contributed by atoms with Gasteiger partial charge in [-0.25, -0.2) is 9.97 Å². The Morgan fingerprint density at radius 2 is 2.11 bits per heavy atom. The average Bonchev–Trinajstić information content (AvgIpc) is 2.47. The molecular formula is C14H20N2O3. The number of hydrogen-bond donors (Lipinski definition) is 0. The molecule has 1 fully saturated rings. The Kier molecular flexibility index (Phi) is 4.14. The molecule has 0 amide bonds. The van der Waals surface area contributed by atoms with Crippen LogP contribution in [-0.2, 0) is 19.7 Å². The van der Waals surface area contributed by atoms with Crippen LogP contribution < -0.4 is 0 Å². The number of carbonyl (C=O) groups is 1. The van der Waals surface area contributed by atoms with Gasteiger partial charge in [-0.3, -0.25) is 4.79 Å². The Morgan fingerprint density at radius 3 is 2.74 bits per heavy atom. The minimum absolute atomic E-state index is 0.323. The topological polar surface area (TPSA) is 61.3 Å². The van der Waals surface area contributed by atoms with E-state index in [2.05, 4.69) is 9.97 Å². The third-order valence-corrected chi connectivity index (χ3v) is 3.57. The molecule has 0 radical (unpaired) electrons. The summed E-state index contributed by atoms with van der Waals surface area (Å²) in [6, 6.07) is 1.92. The van der Waals surface area contributed by atoms with Crippen molar-refractivity contribution in [1.82, 2.24) is 9.97 Å². The van der Waals surface area contributed by atoms with E-state index in [4.69, 9.17) is 9.47 Å². The molecule has 0 spiro atoms. The van der Waals surface area contributed by atoms with Gasteiger partial charge in [-0.2, -0.15) is 0 Å². The van der Waals surface area contributed by atoms with Gasteiger partial charge < -0.3 is 9.47 Å². The molecule has 0 aliphatic carbocycles. The Labute approximate surface area is 113 Å². The van der Waals surface area contributed by atoms with Crippen LogP contribution in [0.25, 0.3) is 0 Å². The van der Waals surface area contributed by atoms with E-state index < -0.39 is 5.41 Å². The Balaban J connectivity index is 2.25. The summed E-state index contributed by atoms with van der Waals surface area (Å²) in [5.41, 5.74) is 0.168. The van der Waals surface area contributed by atoms with Gasteiger partial charge in [-0.1, -0.05) is 0 Å². The summed E-state index contributed by atoms with van der Waals surface area (Å²) in [4.78, 5) is 20.6. The molecule has 0 saturated carbocycles. The van der Waals surface area contributed by atoms with Gasteiger partial charge >= 0.3 is 5.97 Å². The number of esters is 1. The maximum atomic E-state index is 11.8. The zero-order valence-corrected chi connectivity index (χ0v) is 11.7. The van der Waals surface area contributed by atoms with Crippen LogP contribution in [0, 0.1) is 0 Å². The second-order valence-corrected chi connectivity index (χ2v) is 5.31. The number of rotatable bonds is 3. The molecule has 2 heterocycles. The van der Waals surface area contributed by atoms with Gasteiger partial charge in [-0.15, -0.1) is 0 Å². The smallest absolute Gasteiger partial charge is 0.318 e. The van der Waals surface area contributed by atoms with Crippen molar-refractivity contribution in [2.45, 2.75) is 38.0 Å². The van der Waals surface area contributed by atoms with Crippen LogP contribution in [0.2, 0.25) is 0 Å². The maximum Gasteiger partial charge on any atom is 0.318 e. The highest BCUT2D eigenvalue weighted by atomic mass is 16.5. The first-order valence-corrected chi connectivity index (χ1v) is 6.55. The molecule has 0 atom stereocenters. The SMILES string of the molecule is COC(=O)C(C)(C)c1nccc(C2CCOCC2)n1. The predicted molar refractivity (Wildman–Crippen MR) is 69.9 cm³/mol. The van der Waals surface area contributed by atoms with Crippen LogP contribution in [0.3, 0.4) is 0 Å². The maximum absolute atomic E-state index is 11.8. The second-order valence-electron chi connectivity index (χ2n) is 5.31. The first-order chi connectivity index (χ1) is 9.05. The van der Waals surface area contributed by atoms with E-state index in [1.54, 1.807) is 20.0 Å². The lowest BCUT2D eigenvalue weighted by Gasteiger charge is -2.24. The molecule has 1 aliphatic heterocycles. The van der Waals surface area contributed by atoms with E-state index in [1.807, 2.05) is 6.07 Å². The molecule has 1 aromatic heterocycles. The lowest BCUT2D eigenvalue weighted by molar-refractivity contribution is -0.146. The molecule has 1 saturated heterocycles. The van der Waals surface area contributed by atoms with Gasteiger partial charge in [-0.05, 0) is 32.8 Å². The van der Waals surface area contributed by atoms with Gasteiger partial charge in [0.2, 0.25) is 0 Å². The van der Waals surface area contributed by atoms with Crippen molar-refractivity contribution in [3.8, 4) is 0 Å². The van der Waals surface area contributed by atoms with Crippen molar-refractivity contribution in [3.05, 3.63) is 23.8 Å². The first-order valence-electron chi connectivity index (χ1n) is 6.55. The number of methoxy groups -OCH3 is 1. The molecule has 1 aliphatic rings. The van der Waals surface area contributed by atoms with Crippen LogP contribution in [0.1, 0.15) is 44.1 Å². The average molecular weight is 264 g/mol. The van der Waals surface area contributed by atoms with Crippen LogP contribution in [0.4, 0.5) is 0 Å². The Hall–Kier alpha value is -1.49. The summed E-state index contributed by atoms with van der Waals surface area (Å²) in [5.74, 6) is 0.587. The highest BCUT2D eigenvalue weighted by Gasteiger charge is 2.34. The number of ether oxygens (including phenoxy) is 2. The van der Waals surface area contributed by atoms with E-state index in [0.29, 0.717) is 11.7 Å². The number of aromatic nitrogens is 2. The summed E-state index contributed by atoms with van der Waals surface area (Å²) < 4.78 is 10.2. The molecule has 0 aromatic carbocycles. The van der Waals surface area contributed by atoms with E-state index >= 15 is 0 Å². The summed E-state index contributed by atoms with van der Waals surface area (Å²) in [6.45, 7) is 5.10. The fourth-order valence-electron chi connectivity index (χ4n) is 2.24. The summed E-state index contributed by atoms with van der Waals surface area (Å²) in [6.07, 6.45) is 3.65. The Bertz CT molecular complexity index is 454. The largest absolute Gasteiger partial charge is 0.468 e. The Morgan fingerprint density at radius 1 is 1.42 bits per heavy atom. The monoisotopic (exact) mass is 264 g/mol. The van der Waals surface area contributed by atoms with Crippen LogP contribution in [-0.4, -0.2) is 36.3 Å². The van der Waals surface area contributed by atoms with Crippen molar-refractivity contribution >= 4 is 5.97 Å². The third kappa shape index (κ3) is 2.92. The number of nitrogens with zero attached hydrogens (tertiary/aromatic N) is 2. The standard InChI is InChI=1S/C14H20N2O3/c1-14(2,13(17)18-3)12-15-7-4-11(16-12)10-5-8-19-9-6-10/h4,7,10H,5-6,8-9H2,1-3H3. The van der Waals surface area contributed by atoms with Gasteiger partial charge in [0.25, 0.3) is 0 Å². The van der Waals surface area contributed by atoms with E-state index in [-0.39, 0.29) is 5.97 Å². The van der Waals surface area contributed by atoms with Gasteiger partial charge in [0, 0.05) is 31.0 Å². The summed E-state index contributed by atoms with van der Waals surface area (Å²) in [7, 11) is 1.38. The van der Waals surface area contributed by atoms with Gasteiger partial charge in [0.05, 0.1) is 7.11 Å². The zero-order valence-electron chi connectivity index (χ0n) is 11.7. The van der Waals surface area contributed by atoms with E-state index in [1.165, 1.54) is 7.11 Å². The molecule has 104 valence electrons. The van der Waals surface area contributed by atoms with Gasteiger partial charge in [0.1, 0.15) is 11.2 Å². The first kappa shape index (κ1) is 13.9. The molecule has 0 unspecified atom stereocenters. The summed E-state index contributed by atoms with van der Waals surface area (Å²) >= 11 is 0. The zero-order chi connectivity index (χ0) is 13.9. The number of hydrogen-bond acceptors (Lipinski definition) is 5. The van der Waals surface area contributed by atoms with Crippen molar-refractivity contribution in [1.29, 1.82) is 0 Å². The molecule has 0 bridgehead atoms. The molecule has 5 nitrogen and oxygen atoms in total. The molecule has 5 heteroatoms. The fourth-order valence-corrected chi connectivity index (χ4v) is 2.24.